The van der Waals surface area contributed by atoms with Gasteiger partial charge in [0.1, 0.15) is 6.61 Å². The summed E-state index contributed by atoms with van der Waals surface area (Å²) in [6.45, 7) is 2.13. The quantitative estimate of drug-likeness (QED) is 0.742. The van der Waals surface area contributed by atoms with E-state index >= 15 is 0 Å². The highest BCUT2D eigenvalue weighted by atomic mass is 35.7. The third kappa shape index (κ3) is 8.57. The van der Waals surface area contributed by atoms with Gasteiger partial charge in [0.2, 0.25) is 9.05 Å². The third-order valence-electron chi connectivity index (χ3n) is 2.84. The molecule has 21 heavy (non-hydrogen) atoms. The maximum absolute atomic E-state index is 11.7. The first-order valence-electron chi connectivity index (χ1n) is 6.80. The molecular weight excluding hydrogens is 314 g/mol. The average molecular weight is 334 g/mol. The highest BCUT2D eigenvalue weighted by molar-refractivity contribution is 8.13. The fourth-order valence-corrected chi connectivity index (χ4v) is 3.01. The van der Waals surface area contributed by atoms with Gasteiger partial charge in [0.15, 0.2) is 0 Å². The minimum Gasteiger partial charge on any atom is -0.445 e. The van der Waals surface area contributed by atoms with Crippen molar-refractivity contribution in [1.82, 2.24) is 5.32 Å². The zero-order valence-corrected chi connectivity index (χ0v) is 13.5. The van der Waals surface area contributed by atoms with Gasteiger partial charge in [-0.25, -0.2) is 13.2 Å². The Hall–Kier alpha value is -1.27. The van der Waals surface area contributed by atoms with E-state index in [1.165, 1.54) is 0 Å². The topological polar surface area (TPSA) is 72.5 Å². The van der Waals surface area contributed by atoms with Crippen LogP contribution in [0.4, 0.5) is 4.79 Å². The first kappa shape index (κ1) is 17.8. The summed E-state index contributed by atoms with van der Waals surface area (Å²) in [5, 5.41) is 2.55. The molecule has 0 saturated heterocycles. The van der Waals surface area contributed by atoms with Crippen molar-refractivity contribution < 1.29 is 17.9 Å². The van der Waals surface area contributed by atoms with Crippen molar-refractivity contribution in [2.45, 2.75) is 38.8 Å². The molecule has 1 amide bonds. The van der Waals surface area contributed by atoms with E-state index in [0.29, 0.717) is 6.42 Å². The molecule has 0 unspecified atom stereocenters. The standard InChI is InChI=1S/C14H20ClNO4S/c1-2-3-9-13(11-21(15,18)19)16-14(17)20-10-12-7-5-4-6-8-12/h4-8,13H,2-3,9-11H2,1H3,(H,16,17)/t13-/m0/s1. The van der Waals surface area contributed by atoms with Gasteiger partial charge in [0.05, 0.1) is 5.75 Å². The molecule has 1 atom stereocenters. The maximum Gasteiger partial charge on any atom is 0.407 e. The lowest BCUT2D eigenvalue weighted by molar-refractivity contribution is 0.136. The number of carbonyl (C=O) groups is 1. The van der Waals surface area contributed by atoms with Gasteiger partial charge in [-0.1, -0.05) is 50.1 Å². The monoisotopic (exact) mass is 333 g/mol. The molecule has 1 aromatic rings. The highest BCUT2D eigenvalue weighted by Crippen LogP contribution is 2.08. The van der Waals surface area contributed by atoms with Crippen LogP contribution in [0.1, 0.15) is 31.7 Å². The van der Waals surface area contributed by atoms with E-state index in [9.17, 15) is 13.2 Å². The summed E-state index contributed by atoms with van der Waals surface area (Å²) in [5.41, 5.74) is 0.864. The number of unbranched alkanes of at least 4 members (excludes halogenated alkanes) is 1. The van der Waals surface area contributed by atoms with Crippen LogP contribution >= 0.6 is 10.7 Å². The first-order valence-corrected chi connectivity index (χ1v) is 9.28. The van der Waals surface area contributed by atoms with Crippen LogP contribution in [-0.2, 0) is 20.4 Å². The van der Waals surface area contributed by atoms with Crippen molar-refractivity contribution in [3.8, 4) is 0 Å². The minimum atomic E-state index is -3.66. The molecule has 0 fully saturated rings. The van der Waals surface area contributed by atoms with Crippen molar-refractivity contribution >= 4 is 25.8 Å². The predicted molar refractivity (Wildman–Crippen MR) is 82.7 cm³/mol. The number of ether oxygens (including phenoxy) is 1. The van der Waals surface area contributed by atoms with Gasteiger partial charge in [0, 0.05) is 16.7 Å². The molecule has 0 saturated carbocycles. The summed E-state index contributed by atoms with van der Waals surface area (Å²) < 4.78 is 27.3. The number of hydrogen-bond acceptors (Lipinski definition) is 4. The number of nitrogens with one attached hydrogen (secondary N) is 1. The van der Waals surface area contributed by atoms with Gasteiger partial charge in [-0.05, 0) is 12.0 Å². The van der Waals surface area contributed by atoms with Gasteiger partial charge < -0.3 is 10.1 Å². The SMILES string of the molecule is CCCC[C@@H](CS(=O)(=O)Cl)NC(=O)OCc1ccccc1. The fraction of sp³-hybridized carbons (Fsp3) is 0.500. The van der Waals surface area contributed by atoms with Gasteiger partial charge in [0.25, 0.3) is 0 Å². The average Bonchev–Trinajstić information content (AvgIpc) is 2.42. The van der Waals surface area contributed by atoms with E-state index in [1.807, 2.05) is 37.3 Å². The summed E-state index contributed by atoms with van der Waals surface area (Å²) in [7, 11) is 1.58. The van der Waals surface area contributed by atoms with E-state index in [-0.39, 0.29) is 12.4 Å². The molecule has 7 heteroatoms. The Balaban J connectivity index is 2.47. The zero-order valence-electron chi connectivity index (χ0n) is 11.9. The third-order valence-corrected chi connectivity index (χ3v) is 4.02. The lowest BCUT2D eigenvalue weighted by atomic mass is 10.1. The van der Waals surface area contributed by atoms with Crippen molar-refractivity contribution in [3.63, 3.8) is 0 Å². The Kier molecular flexibility index (Phi) is 7.53. The molecular formula is C14H20ClNO4S. The molecule has 0 radical (unpaired) electrons. The normalized spacial score (nSPS) is 12.7. The van der Waals surface area contributed by atoms with Crippen LogP contribution in [0.3, 0.4) is 0 Å². The number of rotatable bonds is 8. The second kappa shape index (κ2) is 8.89. The summed E-state index contributed by atoms with van der Waals surface area (Å²) >= 11 is 0. The second-order valence-electron chi connectivity index (χ2n) is 4.75. The molecule has 5 nitrogen and oxygen atoms in total. The van der Waals surface area contributed by atoms with Crippen molar-refractivity contribution in [3.05, 3.63) is 35.9 Å². The van der Waals surface area contributed by atoms with E-state index in [1.54, 1.807) is 0 Å². The Morgan fingerprint density at radius 1 is 1.33 bits per heavy atom. The van der Waals surface area contributed by atoms with Crippen LogP contribution in [-0.4, -0.2) is 26.3 Å². The zero-order chi connectivity index (χ0) is 15.7. The lowest BCUT2D eigenvalue weighted by Crippen LogP contribution is -2.39. The van der Waals surface area contributed by atoms with Crippen LogP contribution in [0.15, 0.2) is 30.3 Å². The molecule has 0 spiro atoms. The maximum atomic E-state index is 11.7. The lowest BCUT2D eigenvalue weighted by Gasteiger charge is -2.16. The molecule has 1 aromatic carbocycles. The Labute approximate surface area is 130 Å². The first-order chi connectivity index (χ1) is 9.90. The Morgan fingerprint density at radius 3 is 2.57 bits per heavy atom. The van der Waals surface area contributed by atoms with Gasteiger partial charge >= 0.3 is 6.09 Å². The fourth-order valence-electron chi connectivity index (χ4n) is 1.82. The van der Waals surface area contributed by atoms with Crippen molar-refractivity contribution in [1.29, 1.82) is 0 Å². The minimum absolute atomic E-state index is 0.140. The largest absolute Gasteiger partial charge is 0.445 e. The number of carbonyl (C=O) groups excluding carboxylic acids is 1. The Bertz CT molecular complexity index is 533. The summed E-state index contributed by atoms with van der Waals surface area (Å²) in [6.07, 6.45) is 1.61. The summed E-state index contributed by atoms with van der Waals surface area (Å²) in [5.74, 6) is -0.297. The highest BCUT2D eigenvalue weighted by Gasteiger charge is 2.19. The molecule has 0 bridgehead atoms. The second-order valence-corrected chi connectivity index (χ2v) is 7.57. The number of amides is 1. The van der Waals surface area contributed by atoms with Crippen LogP contribution in [0.5, 0.6) is 0 Å². The van der Waals surface area contributed by atoms with Gasteiger partial charge in [-0.3, -0.25) is 0 Å². The van der Waals surface area contributed by atoms with E-state index in [0.717, 1.165) is 18.4 Å². The molecule has 1 rings (SSSR count). The smallest absolute Gasteiger partial charge is 0.407 e. The molecule has 0 aliphatic carbocycles. The number of alkyl carbamates (subject to hydrolysis) is 1. The molecule has 118 valence electrons. The number of benzene rings is 1. The van der Waals surface area contributed by atoms with Crippen molar-refractivity contribution in [2.75, 3.05) is 5.75 Å². The van der Waals surface area contributed by atoms with E-state index < -0.39 is 21.2 Å². The molecule has 0 aromatic heterocycles. The molecule has 0 heterocycles. The van der Waals surface area contributed by atoms with Gasteiger partial charge in [-0.2, -0.15) is 0 Å². The van der Waals surface area contributed by atoms with Crippen LogP contribution in [0, 0.1) is 0 Å². The molecule has 0 aliphatic heterocycles. The Morgan fingerprint density at radius 2 is 2.00 bits per heavy atom. The van der Waals surface area contributed by atoms with Crippen molar-refractivity contribution in [2.24, 2.45) is 0 Å². The van der Waals surface area contributed by atoms with Crippen LogP contribution < -0.4 is 5.32 Å². The molecule has 0 aliphatic rings. The molecule has 1 N–H and O–H groups in total. The van der Waals surface area contributed by atoms with E-state index in [2.05, 4.69) is 5.32 Å². The van der Waals surface area contributed by atoms with Gasteiger partial charge in [-0.15, -0.1) is 0 Å². The van der Waals surface area contributed by atoms with E-state index in [4.69, 9.17) is 15.4 Å². The van der Waals surface area contributed by atoms with Crippen LogP contribution in [0.2, 0.25) is 0 Å². The summed E-state index contributed by atoms with van der Waals surface area (Å²) in [6, 6.07) is 8.71. The number of hydrogen-bond donors (Lipinski definition) is 1. The number of halogens is 1. The van der Waals surface area contributed by atoms with Crippen LogP contribution in [0.25, 0.3) is 0 Å². The predicted octanol–water partition coefficient (Wildman–Crippen LogP) is 3.04. The summed E-state index contributed by atoms with van der Waals surface area (Å²) in [4.78, 5) is 11.7.